The normalized spacial score (nSPS) is 25.0. The predicted octanol–water partition coefficient (Wildman–Crippen LogP) is 1.93. The third-order valence-corrected chi connectivity index (χ3v) is 7.27. The summed E-state index contributed by atoms with van der Waals surface area (Å²) in [6, 6.07) is 0.908. The molecule has 6 rings (SSSR count). The Morgan fingerprint density at radius 3 is 2.74 bits per heavy atom. The first-order valence-corrected chi connectivity index (χ1v) is 11.6. The molecule has 31 heavy (non-hydrogen) atoms. The number of nitrogens with zero attached hydrogens (tertiary/aromatic N) is 7. The van der Waals surface area contributed by atoms with Gasteiger partial charge in [-0.25, -0.2) is 4.98 Å². The maximum Gasteiger partial charge on any atom is 0.169 e. The Morgan fingerprint density at radius 2 is 1.97 bits per heavy atom. The highest BCUT2D eigenvalue weighted by Gasteiger charge is 2.35. The lowest BCUT2D eigenvalue weighted by Crippen LogP contribution is -2.44. The molecule has 0 radical (unpaired) electrons. The number of likely N-dealkylation sites (tertiary alicyclic amines) is 1. The van der Waals surface area contributed by atoms with Crippen LogP contribution in [-0.2, 0) is 11.2 Å². The summed E-state index contributed by atoms with van der Waals surface area (Å²) in [5.41, 5.74) is 3.68. The van der Waals surface area contributed by atoms with Gasteiger partial charge in [-0.05, 0) is 52.4 Å². The van der Waals surface area contributed by atoms with Crippen molar-refractivity contribution in [3.63, 3.8) is 0 Å². The number of pyridine rings is 1. The van der Waals surface area contributed by atoms with Crippen LogP contribution in [0.3, 0.4) is 0 Å². The Morgan fingerprint density at radius 1 is 1.10 bits per heavy atom. The lowest BCUT2D eigenvalue weighted by Gasteiger charge is -2.38. The van der Waals surface area contributed by atoms with Gasteiger partial charge in [0.15, 0.2) is 11.5 Å². The van der Waals surface area contributed by atoms with Crippen molar-refractivity contribution in [3.05, 3.63) is 23.9 Å². The van der Waals surface area contributed by atoms with Gasteiger partial charge in [0.05, 0.1) is 43.1 Å². The number of ether oxygens (including phenoxy) is 1. The number of fused-ring (bicyclic) bond motifs is 3. The van der Waals surface area contributed by atoms with Crippen LogP contribution in [0, 0.1) is 0 Å². The minimum Gasteiger partial charge on any atom is -0.377 e. The topological polar surface area (TPSA) is 62.0 Å². The van der Waals surface area contributed by atoms with Gasteiger partial charge in [0.2, 0.25) is 0 Å². The molecule has 2 fully saturated rings. The fourth-order valence-corrected chi connectivity index (χ4v) is 5.57. The summed E-state index contributed by atoms with van der Waals surface area (Å²) >= 11 is 0. The molecule has 1 atom stereocenters. The Bertz CT molecular complexity index is 1050. The van der Waals surface area contributed by atoms with E-state index in [1.54, 1.807) is 0 Å². The molecular formula is C23H31N7O. The number of aromatic nitrogens is 3. The summed E-state index contributed by atoms with van der Waals surface area (Å²) in [5, 5.41) is 5.91. The van der Waals surface area contributed by atoms with E-state index >= 15 is 0 Å². The number of piperidine rings is 1. The summed E-state index contributed by atoms with van der Waals surface area (Å²) in [6.45, 7) is 8.75. The van der Waals surface area contributed by atoms with E-state index in [1.807, 2.05) is 17.0 Å². The molecule has 8 heteroatoms. The molecule has 0 aliphatic carbocycles. The quantitative estimate of drug-likeness (QED) is 0.739. The van der Waals surface area contributed by atoms with E-state index < -0.39 is 0 Å². The summed E-state index contributed by atoms with van der Waals surface area (Å²) in [5.74, 6) is 2.00. The number of hydrogen-bond acceptors (Lipinski definition) is 7. The molecule has 0 aromatic carbocycles. The summed E-state index contributed by atoms with van der Waals surface area (Å²) in [4.78, 5) is 17.4. The van der Waals surface area contributed by atoms with Gasteiger partial charge in [-0.15, -0.1) is 0 Å². The molecule has 2 saturated heterocycles. The maximum absolute atomic E-state index is 5.73. The van der Waals surface area contributed by atoms with E-state index in [0.29, 0.717) is 12.1 Å². The Hall–Kier alpha value is -2.45. The standard InChI is InChI=1S/C23H31N7O/c1-16-15-31-13-12-28(16)22-18-7-11-29(17-5-9-27(2)10-6-17)21(18)19-14-25-30(23(19)26-22)20-4-3-8-24-20/h3-4,14,16-17H,5-13,15H2,1-2H3/t16-/m1/s1. The number of morpholine rings is 1. The van der Waals surface area contributed by atoms with Crippen LogP contribution >= 0.6 is 0 Å². The molecule has 2 aromatic heterocycles. The largest absolute Gasteiger partial charge is 0.377 e. The molecule has 6 heterocycles. The van der Waals surface area contributed by atoms with Gasteiger partial charge in [-0.1, -0.05) is 6.08 Å². The van der Waals surface area contributed by atoms with E-state index in [1.165, 1.54) is 42.6 Å². The van der Waals surface area contributed by atoms with Gasteiger partial charge >= 0.3 is 0 Å². The summed E-state index contributed by atoms with van der Waals surface area (Å²) in [7, 11) is 2.23. The molecule has 0 amide bonds. The molecule has 164 valence electrons. The average Bonchev–Trinajstić information content (AvgIpc) is 3.53. The van der Waals surface area contributed by atoms with Crippen molar-refractivity contribution in [2.45, 2.75) is 38.3 Å². The van der Waals surface area contributed by atoms with Crippen molar-refractivity contribution in [1.82, 2.24) is 19.7 Å². The van der Waals surface area contributed by atoms with Gasteiger partial charge in [0.25, 0.3) is 0 Å². The van der Waals surface area contributed by atoms with Gasteiger partial charge in [-0.2, -0.15) is 9.78 Å². The molecular weight excluding hydrogens is 390 g/mol. The third kappa shape index (κ3) is 3.15. The van der Waals surface area contributed by atoms with Crippen LogP contribution in [0.25, 0.3) is 11.0 Å². The highest BCUT2D eigenvalue weighted by atomic mass is 16.5. The van der Waals surface area contributed by atoms with Crippen molar-refractivity contribution in [1.29, 1.82) is 0 Å². The second kappa shape index (κ2) is 7.60. The van der Waals surface area contributed by atoms with Crippen LogP contribution in [0.1, 0.15) is 25.3 Å². The van der Waals surface area contributed by atoms with Gasteiger partial charge in [-0.3, -0.25) is 4.99 Å². The third-order valence-electron chi connectivity index (χ3n) is 7.27. The molecule has 0 saturated carbocycles. The second-order valence-corrected chi connectivity index (χ2v) is 9.25. The van der Waals surface area contributed by atoms with Crippen LogP contribution in [0.4, 0.5) is 11.5 Å². The minimum atomic E-state index is 0.320. The molecule has 2 aromatic rings. The second-order valence-electron chi connectivity index (χ2n) is 9.25. The highest BCUT2D eigenvalue weighted by Crippen LogP contribution is 2.43. The number of aliphatic imine (C=N–C) groups is 1. The number of hydrogen-bond donors (Lipinski definition) is 0. The summed E-state index contributed by atoms with van der Waals surface area (Å²) < 4.78 is 7.66. The van der Waals surface area contributed by atoms with Crippen LogP contribution in [0.2, 0.25) is 0 Å². The first-order chi connectivity index (χ1) is 15.2. The lowest BCUT2D eigenvalue weighted by molar-refractivity contribution is 0.0985. The van der Waals surface area contributed by atoms with E-state index in [-0.39, 0.29) is 0 Å². The average molecular weight is 422 g/mol. The smallest absolute Gasteiger partial charge is 0.169 e. The van der Waals surface area contributed by atoms with Gasteiger partial charge in [0.1, 0.15) is 5.82 Å². The minimum absolute atomic E-state index is 0.320. The molecule has 4 aliphatic rings. The van der Waals surface area contributed by atoms with E-state index in [9.17, 15) is 0 Å². The van der Waals surface area contributed by atoms with Crippen molar-refractivity contribution >= 4 is 28.4 Å². The van der Waals surface area contributed by atoms with Crippen LogP contribution < -0.4 is 9.80 Å². The Balaban J connectivity index is 1.51. The maximum atomic E-state index is 5.73. The first kappa shape index (κ1) is 19.3. The monoisotopic (exact) mass is 421 g/mol. The first-order valence-electron chi connectivity index (χ1n) is 11.6. The van der Waals surface area contributed by atoms with Gasteiger partial charge < -0.3 is 19.4 Å². The molecule has 4 aliphatic heterocycles. The molecule has 0 unspecified atom stereocenters. The lowest BCUT2D eigenvalue weighted by atomic mass is 10.0. The fourth-order valence-electron chi connectivity index (χ4n) is 5.57. The molecule has 0 bridgehead atoms. The molecule has 8 nitrogen and oxygen atoms in total. The van der Waals surface area contributed by atoms with Crippen LogP contribution in [0.15, 0.2) is 23.3 Å². The predicted molar refractivity (Wildman–Crippen MR) is 124 cm³/mol. The van der Waals surface area contributed by atoms with Crippen molar-refractivity contribution < 1.29 is 4.74 Å². The van der Waals surface area contributed by atoms with Crippen LogP contribution in [0.5, 0.6) is 0 Å². The van der Waals surface area contributed by atoms with Crippen molar-refractivity contribution in [2.75, 3.05) is 62.8 Å². The zero-order valence-electron chi connectivity index (χ0n) is 18.5. The number of rotatable bonds is 2. The van der Waals surface area contributed by atoms with Crippen LogP contribution in [-0.4, -0.2) is 90.6 Å². The fraction of sp³-hybridized carbons (Fsp3) is 0.609. The zero-order valence-corrected chi connectivity index (χ0v) is 18.5. The number of allylic oxidation sites excluding steroid dienone is 1. The Kier molecular flexibility index (Phi) is 4.72. The zero-order chi connectivity index (χ0) is 20.9. The highest BCUT2D eigenvalue weighted by molar-refractivity contribution is 6.04. The van der Waals surface area contributed by atoms with Gasteiger partial charge in [0, 0.05) is 24.7 Å². The molecule has 0 spiro atoms. The van der Waals surface area contributed by atoms with E-state index in [2.05, 4.69) is 39.7 Å². The number of anilines is 2. The summed E-state index contributed by atoms with van der Waals surface area (Å²) in [6.07, 6.45) is 9.62. The van der Waals surface area contributed by atoms with Crippen molar-refractivity contribution in [2.24, 2.45) is 4.99 Å². The Labute approximate surface area is 183 Å². The van der Waals surface area contributed by atoms with Crippen molar-refractivity contribution in [3.8, 4) is 0 Å². The van der Waals surface area contributed by atoms with E-state index in [0.717, 1.165) is 56.6 Å². The SMILES string of the molecule is C[C@@H]1COCCN1c1nc2c(cnn2C2=NCC=C2)c2c1CCN2C1CCN(C)CC1. The molecule has 0 N–H and O–H groups in total. The van der Waals surface area contributed by atoms with E-state index in [4.69, 9.17) is 14.8 Å².